The van der Waals surface area contributed by atoms with Gasteiger partial charge in [-0.15, -0.1) is 0 Å². The Balaban J connectivity index is 1.85. The van der Waals surface area contributed by atoms with Gasteiger partial charge in [-0.2, -0.15) is 5.26 Å². The van der Waals surface area contributed by atoms with E-state index in [0.717, 1.165) is 28.1 Å². The number of para-hydroxylation sites is 1. The van der Waals surface area contributed by atoms with Gasteiger partial charge in [-0.3, -0.25) is 4.98 Å². The molecule has 0 fully saturated rings. The normalized spacial score (nSPS) is 10.2. The summed E-state index contributed by atoms with van der Waals surface area (Å²) in [6.45, 7) is 0. The quantitative estimate of drug-likeness (QED) is 0.704. The standard InChI is InChI=1S/C18H14N2O/c19-12-4-5-15-9-8-14-13-17(10-11-18(14)20-15)21-16-6-2-1-3-7-16/h1-3,6-11,13H,4-5H2. The van der Waals surface area contributed by atoms with E-state index in [2.05, 4.69) is 11.1 Å². The number of rotatable bonds is 4. The second kappa shape index (κ2) is 6.06. The summed E-state index contributed by atoms with van der Waals surface area (Å²) in [5, 5.41) is 9.65. The van der Waals surface area contributed by atoms with Crippen molar-refractivity contribution in [2.75, 3.05) is 0 Å². The lowest BCUT2D eigenvalue weighted by atomic mass is 10.1. The Labute approximate surface area is 123 Å². The average molecular weight is 274 g/mol. The highest BCUT2D eigenvalue weighted by Gasteiger charge is 2.02. The molecular formula is C18H14N2O. The second-order valence-corrected chi connectivity index (χ2v) is 4.73. The SMILES string of the molecule is N#CCCc1ccc2cc(Oc3ccccc3)ccc2n1. The van der Waals surface area contributed by atoms with Crippen LogP contribution in [0.4, 0.5) is 0 Å². The molecule has 3 aromatic rings. The molecule has 0 saturated carbocycles. The Morgan fingerprint density at radius 1 is 0.952 bits per heavy atom. The predicted molar refractivity (Wildman–Crippen MR) is 82.2 cm³/mol. The Bertz CT molecular complexity index is 791. The summed E-state index contributed by atoms with van der Waals surface area (Å²) in [5.41, 5.74) is 1.87. The molecule has 3 nitrogen and oxygen atoms in total. The number of hydrogen-bond donors (Lipinski definition) is 0. The minimum atomic E-state index is 0.494. The van der Waals surface area contributed by atoms with Crippen molar-refractivity contribution in [3.8, 4) is 17.6 Å². The van der Waals surface area contributed by atoms with Crippen LogP contribution in [0.3, 0.4) is 0 Å². The minimum absolute atomic E-state index is 0.494. The third-order valence-electron chi connectivity index (χ3n) is 3.19. The zero-order valence-electron chi connectivity index (χ0n) is 11.5. The highest BCUT2D eigenvalue weighted by Crippen LogP contribution is 2.25. The van der Waals surface area contributed by atoms with Crippen LogP contribution in [0.15, 0.2) is 60.7 Å². The van der Waals surface area contributed by atoms with Crippen LogP contribution in [0.25, 0.3) is 10.9 Å². The van der Waals surface area contributed by atoms with Crippen molar-refractivity contribution < 1.29 is 4.74 Å². The summed E-state index contributed by atoms with van der Waals surface area (Å²) >= 11 is 0. The molecule has 0 radical (unpaired) electrons. The largest absolute Gasteiger partial charge is 0.457 e. The van der Waals surface area contributed by atoms with E-state index in [-0.39, 0.29) is 0 Å². The van der Waals surface area contributed by atoms with Crippen molar-refractivity contribution in [3.63, 3.8) is 0 Å². The third kappa shape index (κ3) is 3.18. The summed E-state index contributed by atoms with van der Waals surface area (Å²) in [6.07, 6.45) is 1.18. The fourth-order valence-corrected chi connectivity index (χ4v) is 2.16. The smallest absolute Gasteiger partial charge is 0.128 e. The maximum absolute atomic E-state index is 8.62. The number of nitriles is 1. The van der Waals surface area contributed by atoms with Crippen LogP contribution in [0.2, 0.25) is 0 Å². The molecule has 3 heteroatoms. The van der Waals surface area contributed by atoms with Crippen molar-refractivity contribution in [3.05, 3.63) is 66.4 Å². The van der Waals surface area contributed by atoms with Crippen LogP contribution in [-0.4, -0.2) is 4.98 Å². The van der Waals surface area contributed by atoms with Gasteiger partial charge in [0.2, 0.25) is 0 Å². The fraction of sp³-hybridized carbons (Fsp3) is 0.111. The van der Waals surface area contributed by atoms with Crippen molar-refractivity contribution >= 4 is 10.9 Å². The number of aryl methyl sites for hydroxylation is 1. The van der Waals surface area contributed by atoms with Gasteiger partial charge < -0.3 is 4.74 Å². The Hall–Kier alpha value is -2.86. The molecule has 0 atom stereocenters. The number of fused-ring (bicyclic) bond motifs is 1. The molecule has 0 amide bonds. The van der Waals surface area contributed by atoms with Crippen molar-refractivity contribution in [1.82, 2.24) is 4.98 Å². The summed E-state index contributed by atoms with van der Waals surface area (Å²) < 4.78 is 5.81. The fourth-order valence-electron chi connectivity index (χ4n) is 2.16. The first-order valence-electron chi connectivity index (χ1n) is 6.85. The molecule has 0 aliphatic carbocycles. The molecule has 1 heterocycles. The molecule has 21 heavy (non-hydrogen) atoms. The lowest BCUT2D eigenvalue weighted by Crippen LogP contribution is -1.90. The molecule has 0 aliphatic rings. The van der Waals surface area contributed by atoms with Crippen LogP contribution in [0.1, 0.15) is 12.1 Å². The maximum atomic E-state index is 8.62. The monoisotopic (exact) mass is 274 g/mol. The molecule has 0 saturated heterocycles. The van der Waals surface area contributed by atoms with Crippen LogP contribution >= 0.6 is 0 Å². The van der Waals surface area contributed by atoms with Gasteiger partial charge >= 0.3 is 0 Å². The van der Waals surface area contributed by atoms with Gasteiger partial charge in [0, 0.05) is 23.9 Å². The van der Waals surface area contributed by atoms with E-state index in [9.17, 15) is 0 Å². The molecule has 0 unspecified atom stereocenters. The van der Waals surface area contributed by atoms with Crippen LogP contribution < -0.4 is 4.74 Å². The highest BCUT2D eigenvalue weighted by molar-refractivity contribution is 5.80. The first kappa shape index (κ1) is 13.1. The highest BCUT2D eigenvalue weighted by atomic mass is 16.5. The summed E-state index contributed by atoms with van der Waals surface area (Å²) in [4.78, 5) is 4.55. The zero-order valence-corrected chi connectivity index (χ0v) is 11.5. The molecule has 2 aromatic carbocycles. The van der Waals surface area contributed by atoms with Crippen LogP contribution in [-0.2, 0) is 6.42 Å². The summed E-state index contributed by atoms with van der Waals surface area (Å²) in [7, 11) is 0. The number of benzene rings is 2. The van der Waals surface area contributed by atoms with E-state index in [4.69, 9.17) is 10.00 Å². The number of aromatic nitrogens is 1. The molecule has 1 aromatic heterocycles. The Morgan fingerprint density at radius 2 is 1.81 bits per heavy atom. The predicted octanol–water partition coefficient (Wildman–Crippen LogP) is 4.48. The number of ether oxygens (including phenoxy) is 1. The second-order valence-electron chi connectivity index (χ2n) is 4.73. The van der Waals surface area contributed by atoms with E-state index < -0.39 is 0 Å². The van der Waals surface area contributed by atoms with Gasteiger partial charge in [-0.05, 0) is 36.4 Å². The van der Waals surface area contributed by atoms with E-state index in [0.29, 0.717) is 12.8 Å². The van der Waals surface area contributed by atoms with E-state index >= 15 is 0 Å². The third-order valence-corrected chi connectivity index (χ3v) is 3.19. The van der Waals surface area contributed by atoms with E-state index in [1.807, 2.05) is 60.7 Å². The minimum Gasteiger partial charge on any atom is -0.457 e. The molecule has 0 aliphatic heterocycles. The molecule has 102 valence electrons. The van der Waals surface area contributed by atoms with Gasteiger partial charge in [0.05, 0.1) is 11.6 Å². The molecular weight excluding hydrogens is 260 g/mol. The van der Waals surface area contributed by atoms with Gasteiger partial charge in [0.25, 0.3) is 0 Å². The lowest BCUT2D eigenvalue weighted by Gasteiger charge is -2.07. The van der Waals surface area contributed by atoms with Crippen molar-refractivity contribution in [2.45, 2.75) is 12.8 Å². The molecule has 0 bridgehead atoms. The first-order valence-corrected chi connectivity index (χ1v) is 6.85. The summed E-state index contributed by atoms with van der Waals surface area (Å²) in [5.74, 6) is 1.61. The van der Waals surface area contributed by atoms with Gasteiger partial charge in [0.1, 0.15) is 11.5 Å². The molecule has 0 spiro atoms. The molecule has 3 rings (SSSR count). The Morgan fingerprint density at radius 3 is 2.62 bits per heavy atom. The van der Waals surface area contributed by atoms with Crippen LogP contribution in [0.5, 0.6) is 11.5 Å². The Kier molecular flexibility index (Phi) is 3.79. The van der Waals surface area contributed by atoms with Crippen molar-refractivity contribution in [1.29, 1.82) is 5.26 Å². The maximum Gasteiger partial charge on any atom is 0.128 e. The number of nitrogens with zero attached hydrogens (tertiary/aromatic N) is 2. The molecule has 0 N–H and O–H groups in total. The van der Waals surface area contributed by atoms with Gasteiger partial charge in [-0.1, -0.05) is 24.3 Å². The van der Waals surface area contributed by atoms with Gasteiger partial charge in [-0.25, -0.2) is 0 Å². The van der Waals surface area contributed by atoms with Gasteiger partial charge in [0.15, 0.2) is 0 Å². The van der Waals surface area contributed by atoms with E-state index in [1.54, 1.807) is 0 Å². The van der Waals surface area contributed by atoms with E-state index in [1.165, 1.54) is 0 Å². The van der Waals surface area contributed by atoms with Crippen molar-refractivity contribution in [2.24, 2.45) is 0 Å². The average Bonchev–Trinajstić information content (AvgIpc) is 2.54. The first-order chi connectivity index (χ1) is 10.3. The summed E-state index contributed by atoms with van der Waals surface area (Å²) in [6, 6.07) is 21.7. The zero-order chi connectivity index (χ0) is 14.5. The number of pyridine rings is 1. The van der Waals surface area contributed by atoms with Crippen LogP contribution in [0, 0.1) is 11.3 Å². The lowest BCUT2D eigenvalue weighted by molar-refractivity contribution is 0.483. The topological polar surface area (TPSA) is 45.9 Å². The number of hydrogen-bond acceptors (Lipinski definition) is 3.